The lowest BCUT2D eigenvalue weighted by Crippen LogP contribution is -2.41. The molecular weight excluding hydrogens is 532 g/mol. The van der Waals surface area contributed by atoms with Crippen LogP contribution in [0, 0.1) is 12.8 Å². The summed E-state index contributed by atoms with van der Waals surface area (Å²) in [5, 5.41) is -0.345. The van der Waals surface area contributed by atoms with Crippen LogP contribution in [0.4, 0.5) is 11.6 Å². The zero-order valence-electron chi connectivity index (χ0n) is 23.5. The number of anilines is 2. The van der Waals surface area contributed by atoms with E-state index >= 15 is 0 Å². The fourth-order valence-electron chi connectivity index (χ4n) is 4.93. The molecule has 1 amide bonds. The van der Waals surface area contributed by atoms with Crippen molar-refractivity contribution in [3.05, 3.63) is 53.6 Å². The third-order valence-electron chi connectivity index (χ3n) is 6.59. The van der Waals surface area contributed by atoms with E-state index in [4.69, 9.17) is 20.2 Å². The fraction of sp³-hybridized carbons (Fsp3) is 0.429. The third-order valence-corrected chi connectivity index (χ3v) is 7.82. The highest BCUT2D eigenvalue weighted by Crippen LogP contribution is 2.38. The van der Waals surface area contributed by atoms with E-state index < -0.39 is 15.9 Å². The second kappa shape index (κ2) is 11.8. The number of nitrogen functional groups attached to an aromatic ring is 1. The maximum Gasteiger partial charge on any atom is 0.281 e. The maximum absolute atomic E-state index is 13.5. The van der Waals surface area contributed by atoms with Gasteiger partial charge in [-0.2, -0.15) is 8.42 Å². The SMILES string of the molecule is CCOCCOc1cc(C)cc(-c2ccc(C(=O)NS(=O)(=O)c3cccc(N)n3)c(N3C[C@@H](C)CC3(C)C)n2)n1. The average Bonchev–Trinajstić information content (AvgIpc) is 3.17. The van der Waals surface area contributed by atoms with Crippen molar-refractivity contribution in [2.45, 2.75) is 51.6 Å². The lowest BCUT2D eigenvalue weighted by molar-refractivity contribution is 0.0981. The van der Waals surface area contributed by atoms with Crippen molar-refractivity contribution in [2.24, 2.45) is 5.92 Å². The van der Waals surface area contributed by atoms with Gasteiger partial charge in [-0.05, 0) is 75.9 Å². The summed E-state index contributed by atoms with van der Waals surface area (Å²) in [5.41, 5.74) is 7.49. The minimum absolute atomic E-state index is 0.0294. The maximum atomic E-state index is 13.5. The molecule has 3 N–H and O–H groups in total. The van der Waals surface area contributed by atoms with Gasteiger partial charge in [0.15, 0.2) is 5.03 Å². The van der Waals surface area contributed by atoms with E-state index in [0.29, 0.717) is 55.4 Å². The summed E-state index contributed by atoms with van der Waals surface area (Å²) >= 11 is 0. The molecule has 4 heterocycles. The second-order valence-electron chi connectivity index (χ2n) is 10.5. The Kier molecular flexibility index (Phi) is 8.59. The van der Waals surface area contributed by atoms with E-state index in [1.807, 2.05) is 26.0 Å². The van der Waals surface area contributed by atoms with Crippen LogP contribution in [0.15, 0.2) is 47.5 Å². The van der Waals surface area contributed by atoms with Crippen molar-refractivity contribution >= 4 is 27.6 Å². The van der Waals surface area contributed by atoms with E-state index in [9.17, 15) is 13.2 Å². The van der Waals surface area contributed by atoms with Crippen LogP contribution < -0.4 is 20.1 Å². The first kappa shape index (κ1) is 29.2. The number of nitrogens with one attached hydrogen (secondary N) is 1. The molecule has 0 spiro atoms. The highest BCUT2D eigenvalue weighted by atomic mass is 32.2. The zero-order chi connectivity index (χ0) is 29.1. The number of aryl methyl sites for hydroxylation is 1. The molecule has 1 saturated heterocycles. The number of carbonyl (C=O) groups is 1. The predicted molar refractivity (Wildman–Crippen MR) is 153 cm³/mol. The van der Waals surface area contributed by atoms with Gasteiger partial charge in [0.2, 0.25) is 5.88 Å². The molecule has 12 heteroatoms. The molecule has 1 aliphatic rings. The summed E-state index contributed by atoms with van der Waals surface area (Å²) in [5.74, 6) is 0.379. The van der Waals surface area contributed by atoms with E-state index in [2.05, 4.69) is 40.4 Å². The van der Waals surface area contributed by atoms with Crippen LogP contribution in [0.1, 0.15) is 50.0 Å². The second-order valence-corrected chi connectivity index (χ2v) is 12.2. The molecule has 1 atom stereocenters. The van der Waals surface area contributed by atoms with E-state index in [1.165, 1.54) is 18.2 Å². The number of hydrogen-bond donors (Lipinski definition) is 2. The average molecular weight is 569 g/mol. The molecule has 1 aliphatic heterocycles. The van der Waals surface area contributed by atoms with Gasteiger partial charge < -0.3 is 20.1 Å². The summed E-state index contributed by atoms with van der Waals surface area (Å²) in [6, 6.07) is 11.1. The first-order chi connectivity index (χ1) is 18.9. The number of carbonyl (C=O) groups excluding carboxylic acids is 1. The standard InChI is InChI=1S/C28H36N6O5S/c1-6-38-12-13-39-24-15-18(2)14-22(30-24)21-11-10-20(26(31-21)34-17-19(3)16-28(34,4)5)27(35)33-40(36,37)25-9-7-8-23(29)32-25/h7-11,14-15,19H,6,12-13,16-17H2,1-5H3,(H2,29,32)(H,33,35)/t19-/m0/s1. The molecular formula is C28H36N6O5S. The molecule has 11 nitrogen and oxygen atoms in total. The van der Waals surface area contributed by atoms with Gasteiger partial charge in [-0.25, -0.2) is 19.7 Å². The van der Waals surface area contributed by atoms with Crippen LogP contribution in [0.2, 0.25) is 0 Å². The van der Waals surface area contributed by atoms with Crippen molar-refractivity contribution in [2.75, 3.05) is 37.0 Å². The number of ether oxygens (including phenoxy) is 2. The van der Waals surface area contributed by atoms with E-state index in [-0.39, 0.29) is 21.9 Å². The van der Waals surface area contributed by atoms with Crippen LogP contribution in [0.3, 0.4) is 0 Å². The van der Waals surface area contributed by atoms with Crippen LogP contribution in [0.25, 0.3) is 11.4 Å². The molecule has 0 unspecified atom stereocenters. The Balaban J connectivity index is 1.73. The largest absolute Gasteiger partial charge is 0.475 e. The quantitative estimate of drug-likeness (QED) is 0.347. The van der Waals surface area contributed by atoms with Gasteiger partial charge in [0, 0.05) is 24.8 Å². The summed E-state index contributed by atoms with van der Waals surface area (Å²) in [6.07, 6.45) is 0.881. The topological polar surface area (TPSA) is 150 Å². The molecule has 4 rings (SSSR count). The Hall–Kier alpha value is -3.77. The van der Waals surface area contributed by atoms with Gasteiger partial charge in [-0.1, -0.05) is 13.0 Å². The zero-order valence-corrected chi connectivity index (χ0v) is 24.3. The van der Waals surface area contributed by atoms with Gasteiger partial charge in [0.05, 0.1) is 23.6 Å². The molecule has 0 aliphatic carbocycles. The number of nitrogens with two attached hydrogens (primary N) is 1. The van der Waals surface area contributed by atoms with Crippen molar-refractivity contribution in [3.8, 4) is 17.3 Å². The summed E-state index contributed by atoms with van der Waals surface area (Å²) in [7, 11) is -4.27. The molecule has 214 valence electrons. The van der Waals surface area contributed by atoms with Gasteiger partial charge in [0.25, 0.3) is 15.9 Å². The number of rotatable bonds is 10. The molecule has 0 radical (unpaired) electrons. The molecule has 40 heavy (non-hydrogen) atoms. The van der Waals surface area contributed by atoms with Crippen molar-refractivity contribution < 1.29 is 22.7 Å². The third kappa shape index (κ3) is 6.68. The van der Waals surface area contributed by atoms with Gasteiger partial charge in [-0.3, -0.25) is 4.79 Å². The summed E-state index contributed by atoms with van der Waals surface area (Å²) in [4.78, 5) is 28.9. The summed E-state index contributed by atoms with van der Waals surface area (Å²) in [6.45, 7) is 12.2. The number of sulfonamides is 1. The van der Waals surface area contributed by atoms with Crippen LogP contribution in [0.5, 0.6) is 5.88 Å². The Morgan fingerprint density at radius 2 is 1.90 bits per heavy atom. The van der Waals surface area contributed by atoms with Crippen LogP contribution >= 0.6 is 0 Å². The lowest BCUT2D eigenvalue weighted by atomic mass is 9.97. The Labute approximate surface area is 235 Å². The predicted octanol–water partition coefficient (Wildman–Crippen LogP) is 3.59. The number of hydrogen-bond acceptors (Lipinski definition) is 10. The molecule has 3 aromatic rings. The summed E-state index contributed by atoms with van der Waals surface area (Å²) < 4.78 is 39.2. The molecule has 0 bridgehead atoms. The van der Waals surface area contributed by atoms with Crippen molar-refractivity contribution in [3.63, 3.8) is 0 Å². The number of nitrogens with zero attached hydrogens (tertiary/aromatic N) is 4. The number of aromatic nitrogens is 3. The lowest BCUT2D eigenvalue weighted by Gasteiger charge is -2.34. The van der Waals surface area contributed by atoms with E-state index in [1.54, 1.807) is 12.1 Å². The Morgan fingerprint density at radius 1 is 1.12 bits per heavy atom. The smallest absolute Gasteiger partial charge is 0.281 e. The molecule has 3 aromatic heterocycles. The molecule has 1 fully saturated rings. The normalized spacial score (nSPS) is 16.6. The molecule has 0 saturated carbocycles. The highest BCUT2D eigenvalue weighted by molar-refractivity contribution is 7.90. The Morgan fingerprint density at radius 3 is 2.58 bits per heavy atom. The molecule has 0 aromatic carbocycles. The van der Waals surface area contributed by atoms with E-state index in [0.717, 1.165) is 12.0 Å². The first-order valence-electron chi connectivity index (χ1n) is 13.2. The number of pyridine rings is 3. The van der Waals surface area contributed by atoms with Crippen molar-refractivity contribution in [1.82, 2.24) is 19.7 Å². The van der Waals surface area contributed by atoms with Gasteiger partial charge >= 0.3 is 0 Å². The minimum Gasteiger partial charge on any atom is -0.475 e. The monoisotopic (exact) mass is 568 g/mol. The van der Waals surface area contributed by atoms with Gasteiger partial charge in [-0.15, -0.1) is 0 Å². The highest BCUT2D eigenvalue weighted by Gasteiger charge is 2.39. The van der Waals surface area contributed by atoms with Crippen LogP contribution in [-0.2, 0) is 14.8 Å². The van der Waals surface area contributed by atoms with Crippen molar-refractivity contribution in [1.29, 1.82) is 0 Å². The fourth-order valence-corrected chi connectivity index (χ4v) is 5.88. The first-order valence-corrected chi connectivity index (χ1v) is 14.7. The minimum atomic E-state index is -4.27. The van der Waals surface area contributed by atoms with Crippen LogP contribution in [-0.4, -0.2) is 61.2 Å². The Bertz CT molecular complexity index is 1490. The van der Waals surface area contributed by atoms with Gasteiger partial charge in [0.1, 0.15) is 18.2 Å². The number of amides is 1.